The zero-order valence-corrected chi connectivity index (χ0v) is 12.8. The van der Waals surface area contributed by atoms with Crippen molar-refractivity contribution in [1.82, 2.24) is 5.32 Å². The highest BCUT2D eigenvalue weighted by Gasteiger charge is 2.18. The average Bonchev–Trinajstić information content (AvgIpc) is 2.47. The minimum absolute atomic E-state index is 0.0290. The van der Waals surface area contributed by atoms with Crippen LogP contribution in [0.2, 0.25) is 0 Å². The van der Waals surface area contributed by atoms with Crippen LogP contribution in [0.4, 0.5) is 0 Å². The molecule has 0 aliphatic heterocycles. The second-order valence-corrected chi connectivity index (χ2v) is 5.36. The Morgan fingerprint density at radius 1 is 1.36 bits per heavy atom. The van der Waals surface area contributed by atoms with Gasteiger partial charge in [0, 0.05) is 11.4 Å². The monoisotopic (exact) mass is 305 g/mol. The number of fused-ring (bicyclic) bond motifs is 1. The first kappa shape index (κ1) is 15.9. The molecule has 0 saturated carbocycles. The third-order valence-corrected chi connectivity index (χ3v) is 3.77. The number of rotatable bonds is 4. The molecule has 22 heavy (non-hydrogen) atoms. The van der Waals surface area contributed by atoms with Gasteiger partial charge in [0.05, 0.1) is 12.0 Å². The molecule has 0 fully saturated rings. The normalized spacial score (nSPS) is 12.3. The van der Waals surface area contributed by atoms with Gasteiger partial charge in [-0.25, -0.2) is 4.79 Å². The molecule has 1 atom stereocenters. The van der Waals surface area contributed by atoms with Crippen molar-refractivity contribution in [2.24, 2.45) is 0 Å². The van der Waals surface area contributed by atoms with Gasteiger partial charge in [0.1, 0.15) is 0 Å². The average molecular weight is 305 g/mol. The lowest BCUT2D eigenvalue weighted by molar-refractivity contribution is -0.121. The zero-order chi connectivity index (χ0) is 16.4. The first-order valence-corrected chi connectivity index (χ1v) is 7.11. The van der Waals surface area contributed by atoms with E-state index in [0.29, 0.717) is 10.9 Å². The fraction of sp³-hybridized carbons (Fsp3) is 0.375. The Hall–Kier alpha value is -2.50. The van der Waals surface area contributed by atoms with Gasteiger partial charge in [-0.15, -0.1) is 0 Å². The second kappa shape index (κ2) is 6.09. The molecular weight excluding hydrogens is 286 g/mol. The van der Waals surface area contributed by atoms with Gasteiger partial charge in [0.25, 0.3) is 0 Å². The maximum absolute atomic E-state index is 12.1. The molecule has 1 amide bonds. The lowest BCUT2D eigenvalue weighted by Gasteiger charge is -2.12. The van der Waals surface area contributed by atoms with Crippen molar-refractivity contribution in [3.05, 3.63) is 33.7 Å². The number of aryl methyl sites for hydroxylation is 1. The number of carbonyl (C=O) groups excluding carboxylic acids is 1. The molecule has 118 valence electrons. The highest BCUT2D eigenvalue weighted by molar-refractivity contribution is 5.89. The smallest absolute Gasteiger partial charge is 0.340 e. The Labute approximate surface area is 127 Å². The number of nitrogens with one attached hydrogen (secondary N) is 1. The summed E-state index contributed by atoms with van der Waals surface area (Å²) in [7, 11) is 0. The van der Waals surface area contributed by atoms with Crippen LogP contribution in [0.5, 0.6) is 11.5 Å². The molecule has 1 aromatic carbocycles. The number of hydrogen-bond acceptors (Lipinski definition) is 5. The molecule has 6 nitrogen and oxygen atoms in total. The van der Waals surface area contributed by atoms with E-state index in [9.17, 15) is 19.8 Å². The Balaban J connectivity index is 2.46. The Kier molecular flexibility index (Phi) is 4.40. The Morgan fingerprint density at radius 3 is 2.68 bits per heavy atom. The summed E-state index contributed by atoms with van der Waals surface area (Å²) in [6.07, 6.45) is 0.709. The zero-order valence-electron chi connectivity index (χ0n) is 12.8. The van der Waals surface area contributed by atoms with Crippen LogP contribution in [0, 0.1) is 6.92 Å². The number of phenols is 2. The van der Waals surface area contributed by atoms with E-state index in [-0.39, 0.29) is 35.3 Å². The topological polar surface area (TPSA) is 99.8 Å². The van der Waals surface area contributed by atoms with Gasteiger partial charge < -0.3 is 19.9 Å². The van der Waals surface area contributed by atoms with Gasteiger partial charge >= 0.3 is 5.63 Å². The molecule has 2 aromatic rings. The van der Waals surface area contributed by atoms with Crippen LogP contribution in [-0.4, -0.2) is 22.2 Å². The molecule has 3 N–H and O–H groups in total. The molecule has 2 rings (SSSR count). The summed E-state index contributed by atoms with van der Waals surface area (Å²) in [5.41, 5.74) is 0.0398. The predicted molar refractivity (Wildman–Crippen MR) is 82.2 cm³/mol. The van der Waals surface area contributed by atoms with Crippen molar-refractivity contribution < 1.29 is 19.4 Å². The highest BCUT2D eigenvalue weighted by atomic mass is 16.4. The van der Waals surface area contributed by atoms with Gasteiger partial charge in [-0.1, -0.05) is 6.92 Å². The van der Waals surface area contributed by atoms with E-state index in [1.807, 2.05) is 13.8 Å². The fourth-order valence-corrected chi connectivity index (χ4v) is 2.22. The first-order chi connectivity index (χ1) is 10.3. The van der Waals surface area contributed by atoms with Gasteiger partial charge in [-0.05, 0) is 38.0 Å². The van der Waals surface area contributed by atoms with Crippen molar-refractivity contribution in [3.63, 3.8) is 0 Å². The van der Waals surface area contributed by atoms with E-state index < -0.39 is 11.4 Å². The molecule has 0 aliphatic carbocycles. The van der Waals surface area contributed by atoms with E-state index in [2.05, 4.69) is 5.32 Å². The molecule has 1 heterocycles. The fourth-order valence-electron chi connectivity index (χ4n) is 2.22. The van der Waals surface area contributed by atoms with Gasteiger partial charge in [-0.3, -0.25) is 4.79 Å². The number of phenolic OH excluding ortho intramolecular Hbond substituents is 2. The van der Waals surface area contributed by atoms with E-state index >= 15 is 0 Å². The van der Waals surface area contributed by atoms with E-state index in [0.717, 1.165) is 6.42 Å². The number of aromatic hydroxyl groups is 2. The Bertz CT molecular complexity index is 778. The van der Waals surface area contributed by atoms with Crippen LogP contribution >= 0.6 is 0 Å². The van der Waals surface area contributed by atoms with Crippen LogP contribution in [0.3, 0.4) is 0 Å². The quantitative estimate of drug-likeness (QED) is 0.592. The van der Waals surface area contributed by atoms with E-state index in [4.69, 9.17) is 4.42 Å². The Morgan fingerprint density at radius 2 is 2.05 bits per heavy atom. The van der Waals surface area contributed by atoms with Crippen LogP contribution < -0.4 is 10.9 Å². The second-order valence-electron chi connectivity index (χ2n) is 5.36. The minimum atomic E-state index is -0.690. The summed E-state index contributed by atoms with van der Waals surface area (Å²) >= 11 is 0. The molecule has 6 heteroatoms. The number of carbonyl (C=O) groups is 1. The number of hydrogen-bond donors (Lipinski definition) is 3. The molecule has 0 spiro atoms. The standard InChI is InChI=1S/C16H19NO5/c1-4-8(2)17-13(19)7-11-9(3)10-5-6-12(18)14(20)15(10)22-16(11)21/h5-6,8,18,20H,4,7H2,1-3H3,(H,17,19)/t8-/m1/s1. The molecule has 1 aromatic heterocycles. The molecule has 0 aliphatic rings. The van der Waals surface area contributed by atoms with Crippen molar-refractivity contribution >= 4 is 16.9 Å². The summed E-state index contributed by atoms with van der Waals surface area (Å²) in [5, 5.41) is 22.5. The first-order valence-electron chi connectivity index (χ1n) is 7.11. The summed E-state index contributed by atoms with van der Waals surface area (Å²) in [4.78, 5) is 24.0. The van der Waals surface area contributed by atoms with E-state index in [1.54, 1.807) is 13.0 Å². The van der Waals surface area contributed by atoms with Gasteiger partial charge in [0.15, 0.2) is 11.3 Å². The lowest BCUT2D eigenvalue weighted by Crippen LogP contribution is -2.34. The van der Waals surface area contributed by atoms with Gasteiger partial charge in [0.2, 0.25) is 11.7 Å². The summed E-state index contributed by atoms with van der Waals surface area (Å²) < 4.78 is 5.07. The van der Waals surface area contributed by atoms with E-state index in [1.165, 1.54) is 6.07 Å². The maximum Gasteiger partial charge on any atom is 0.340 e. The third kappa shape index (κ3) is 2.90. The lowest BCUT2D eigenvalue weighted by atomic mass is 10.0. The number of benzene rings is 1. The van der Waals surface area contributed by atoms with Crippen LogP contribution in [0.1, 0.15) is 31.4 Å². The van der Waals surface area contributed by atoms with Crippen LogP contribution in [0.25, 0.3) is 11.0 Å². The highest BCUT2D eigenvalue weighted by Crippen LogP contribution is 2.34. The van der Waals surface area contributed by atoms with Crippen molar-refractivity contribution in [2.75, 3.05) is 0 Å². The van der Waals surface area contributed by atoms with Crippen LogP contribution in [0.15, 0.2) is 21.3 Å². The maximum atomic E-state index is 12.1. The molecule has 0 bridgehead atoms. The van der Waals surface area contributed by atoms with Crippen molar-refractivity contribution in [2.45, 2.75) is 39.7 Å². The molecule has 0 radical (unpaired) electrons. The number of amides is 1. The summed E-state index contributed by atoms with van der Waals surface area (Å²) in [5.74, 6) is -1.10. The minimum Gasteiger partial charge on any atom is -0.504 e. The SMILES string of the molecule is CC[C@@H](C)NC(=O)Cc1c(C)c2ccc(O)c(O)c2oc1=O. The largest absolute Gasteiger partial charge is 0.504 e. The summed E-state index contributed by atoms with van der Waals surface area (Å²) in [6.45, 7) is 5.52. The summed E-state index contributed by atoms with van der Waals surface area (Å²) in [6, 6.07) is 2.88. The van der Waals surface area contributed by atoms with Crippen molar-refractivity contribution in [1.29, 1.82) is 0 Å². The van der Waals surface area contributed by atoms with Gasteiger partial charge in [-0.2, -0.15) is 0 Å². The predicted octanol–water partition coefficient (Wildman–Crippen LogP) is 1.97. The molecule has 0 saturated heterocycles. The molecular formula is C16H19NO5. The third-order valence-electron chi connectivity index (χ3n) is 3.77. The van der Waals surface area contributed by atoms with Crippen molar-refractivity contribution in [3.8, 4) is 11.5 Å². The van der Waals surface area contributed by atoms with Crippen LogP contribution in [-0.2, 0) is 11.2 Å². The molecule has 0 unspecified atom stereocenters.